The Kier molecular flexibility index (Phi) is 9.01. The summed E-state index contributed by atoms with van der Waals surface area (Å²) in [4.78, 5) is 11.6. The maximum Gasteiger partial charge on any atom is 0.151 e. The van der Waals surface area contributed by atoms with Gasteiger partial charge < -0.3 is 10.1 Å². The predicted octanol–water partition coefficient (Wildman–Crippen LogP) is 4.48. The van der Waals surface area contributed by atoms with Gasteiger partial charge in [-0.3, -0.25) is 4.79 Å². The van der Waals surface area contributed by atoms with Crippen LogP contribution in [0.25, 0.3) is 0 Å². The number of carbonyl (C=O) groups excluding carboxylic acids is 1. The molecule has 0 bridgehead atoms. The van der Waals surface area contributed by atoms with Crippen LogP contribution in [-0.4, -0.2) is 52.0 Å². The summed E-state index contributed by atoms with van der Waals surface area (Å²) >= 11 is 0. The molecule has 0 saturated carbocycles. The minimum Gasteiger partial charge on any atom is -0.375 e. The largest absolute Gasteiger partial charge is 0.375 e. The van der Waals surface area contributed by atoms with Gasteiger partial charge in [0.2, 0.25) is 0 Å². The SMILES string of the molecule is CNC(C)(C)CC(C)(C)c1cn(C(C)(C)CCOC(C)(C)CCC(=O)PC)nn1. The Balaban J connectivity index is 2.71. The molecule has 0 radical (unpaired) electrons. The number of carbonyl (C=O) groups is 1. The molecule has 1 heterocycles. The minimum absolute atomic E-state index is 0.0296. The fourth-order valence-corrected chi connectivity index (χ4v) is 3.83. The van der Waals surface area contributed by atoms with E-state index in [1.165, 1.54) is 0 Å². The molecule has 1 rings (SSSR count). The molecule has 0 amide bonds. The van der Waals surface area contributed by atoms with Crippen molar-refractivity contribution < 1.29 is 9.53 Å². The Hall–Kier alpha value is -0.840. The van der Waals surface area contributed by atoms with Crippen molar-refractivity contribution in [1.82, 2.24) is 20.3 Å². The normalized spacial score (nSPS) is 14.1. The molecule has 0 spiro atoms. The average molecular weight is 427 g/mol. The lowest BCUT2D eigenvalue weighted by Crippen LogP contribution is -2.42. The summed E-state index contributed by atoms with van der Waals surface area (Å²) in [6, 6.07) is 0. The molecule has 168 valence electrons. The number of nitrogens with zero attached hydrogens (tertiary/aromatic N) is 3. The van der Waals surface area contributed by atoms with Crippen LogP contribution in [0, 0.1) is 0 Å². The van der Waals surface area contributed by atoms with Gasteiger partial charge in [-0.1, -0.05) is 27.6 Å². The van der Waals surface area contributed by atoms with Crippen LogP contribution in [-0.2, 0) is 20.5 Å². The number of hydrogen-bond acceptors (Lipinski definition) is 5. The number of rotatable bonds is 13. The van der Waals surface area contributed by atoms with Gasteiger partial charge in [-0.05, 0) is 74.5 Å². The number of hydrogen-bond donors (Lipinski definition) is 1. The predicted molar refractivity (Wildman–Crippen MR) is 123 cm³/mol. The van der Waals surface area contributed by atoms with Crippen molar-refractivity contribution in [1.29, 1.82) is 0 Å². The molecule has 0 aliphatic rings. The molecule has 1 aromatic rings. The van der Waals surface area contributed by atoms with E-state index in [0.717, 1.165) is 25.0 Å². The van der Waals surface area contributed by atoms with Crippen LogP contribution in [0.15, 0.2) is 6.20 Å². The third-order valence-electron chi connectivity index (χ3n) is 5.81. The van der Waals surface area contributed by atoms with Crippen molar-refractivity contribution in [2.45, 2.75) is 103 Å². The summed E-state index contributed by atoms with van der Waals surface area (Å²) in [7, 11) is 2.36. The molecule has 0 aliphatic carbocycles. The van der Waals surface area contributed by atoms with Crippen LogP contribution in [0.1, 0.15) is 86.8 Å². The highest BCUT2D eigenvalue weighted by atomic mass is 31.1. The summed E-state index contributed by atoms with van der Waals surface area (Å²) in [6.45, 7) is 19.8. The Labute approximate surface area is 179 Å². The third-order valence-corrected chi connectivity index (χ3v) is 6.61. The summed E-state index contributed by atoms with van der Waals surface area (Å²) in [5.74, 6) is 0. The Bertz CT molecular complexity index is 666. The second-order valence-electron chi connectivity index (χ2n) is 10.6. The molecular weight excluding hydrogens is 383 g/mol. The molecule has 6 nitrogen and oxygen atoms in total. The monoisotopic (exact) mass is 426 g/mol. The van der Waals surface area contributed by atoms with Gasteiger partial charge in [0.05, 0.1) is 16.8 Å². The molecule has 1 N–H and O–H groups in total. The van der Waals surface area contributed by atoms with Crippen LogP contribution >= 0.6 is 8.58 Å². The number of ether oxygens (including phenoxy) is 1. The Morgan fingerprint density at radius 3 is 2.31 bits per heavy atom. The fraction of sp³-hybridized carbons (Fsp3) is 0.864. The topological polar surface area (TPSA) is 69.0 Å². The second-order valence-corrected chi connectivity index (χ2v) is 11.6. The van der Waals surface area contributed by atoms with Crippen molar-refractivity contribution in [2.75, 3.05) is 20.3 Å². The first-order valence-electron chi connectivity index (χ1n) is 10.6. The van der Waals surface area contributed by atoms with Crippen LogP contribution in [0.4, 0.5) is 0 Å². The highest BCUT2D eigenvalue weighted by Gasteiger charge is 2.33. The van der Waals surface area contributed by atoms with E-state index < -0.39 is 0 Å². The number of nitrogens with one attached hydrogen (secondary N) is 1. The molecular formula is C22H43N4O2P. The van der Waals surface area contributed by atoms with E-state index >= 15 is 0 Å². The molecule has 1 aromatic heterocycles. The molecule has 0 saturated heterocycles. The molecule has 0 aliphatic heterocycles. The van der Waals surface area contributed by atoms with Crippen molar-refractivity contribution in [3.8, 4) is 0 Å². The van der Waals surface area contributed by atoms with Crippen molar-refractivity contribution >= 4 is 14.1 Å². The first-order valence-corrected chi connectivity index (χ1v) is 12.1. The van der Waals surface area contributed by atoms with Gasteiger partial charge in [0.25, 0.3) is 0 Å². The van der Waals surface area contributed by atoms with E-state index in [-0.39, 0.29) is 22.1 Å². The summed E-state index contributed by atoms with van der Waals surface area (Å²) in [5, 5.41) is 12.3. The van der Waals surface area contributed by atoms with Crippen LogP contribution in [0.5, 0.6) is 0 Å². The summed E-state index contributed by atoms with van der Waals surface area (Å²) in [5.41, 5.74) is 0.791. The van der Waals surface area contributed by atoms with E-state index in [2.05, 4.69) is 77.2 Å². The molecule has 29 heavy (non-hydrogen) atoms. The lowest BCUT2D eigenvalue weighted by Gasteiger charge is -2.33. The van der Waals surface area contributed by atoms with E-state index in [4.69, 9.17) is 4.74 Å². The summed E-state index contributed by atoms with van der Waals surface area (Å²) in [6.07, 6.45) is 5.22. The van der Waals surface area contributed by atoms with Gasteiger partial charge >= 0.3 is 0 Å². The third kappa shape index (κ3) is 8.43. The van der Waals surface area contributed by atoms with Crippen molar-refractivity contribution in [2.24, 2.45) is 0 Å². The quantitative estimate of drug-likeness (QED) is 0.471. The first-order chi connectivity index (χ1) is 13.1. The van der Waals surface area contributed by atoms with E-state index in [1.807, 2.05) is 18.4 Å². The first kappa shape index (κ1) is 26.2. The highest BCUT2D eigenvalue weighted by molar-refractivity contribution is 7.57. The molecule has 0 fully saturated rings. The van der Waals surface area contributed by atoms with Crippen LogP contribution in [0.2, 0.25) is 0 Å². The van der Waals surface area contributed by atoms with E-state index in [1.54, 1.807) is 0 Å². The molecule has 1 unspecified atom stereocenters. The molecule has 0 aromatic carbocycles. The minimum atomic E-state index is -0.292. The lowest BCUT2D eigenvalue weighted by molar-refractivity contribution is -0.113. The fourth-order valence-electron chi connectivity index (χ4n) is 3.46. The smallest absolute Gasteiger partial charge is 0.151 e. The zero-order valence-corrected chi connectivity index (χ0v) is 21.3. The average Bonchev–Trinajstić information content (AvgIpc) is 3.10. The molecule has 1 atom stereocenters. The van der Waals surface area contributed by atoms with E-state index in [9.17, 15) is 4.79 Å². The Morgan fingerprint density at radius 1 is 1.14 bits per heavy atom. The van der Waals surface area contributed by atoms with Crippen molar-refractivity contribution in [3.63, 3.8) is 0 Å². The highest BCUT2D eigenvalue weighted by Crippen LogP contribution is 2.32. The second kappa shape index (κ2) is 9.98. The maximum absolute atomic E-state index is 11.6. The standard InChI is InChI=1S/C22H43N4O2P/c1-19(2,16-20(3,4)23-9)17-15-26(25-24-17)21(5,6)13-14-28-22(7,8)12-11-18(27)29-10/h15,23,29H,11-14,16H2,1-10H3. The van der Waals surface area contributed by atoms with Gasteiger partial charge in [-0.25, -0.2) is 4.68 Å². The maximum atomic E-state index is 11.6. The van der Waals surface area contributed by atoms with Crippen LogP contribution < -0.4 is 5.32 Å². The van der Waals surface area contributed by atoms with Gasteiger partial charge in [0, 0.05) is 30.2 Å². The Morgan fingerprint density at radius 2 is 1.76 bits per heavy atom. The van der Waals surface area contributed by atoms with E-state index in [0.29, 0.717) is 27.1 Å². The van der Waals surface area contributed by atoms with Crippen LogP contribution in [0.3, 0.4) is 0 Å². The zero-order valence-electron chi connectivity index (χ0n) is 20.3. The lowest BCUT2D eigenvalue weighted by atomic mass is 9.78. The zero-order chi connectivity index (χ0) is 22.5. The van der Waals surface area contributed by atoms with Gasteiger partial charge in [0.1, 0.15) is 0 Å². The summed E-state index contributed by atoms with van der Waals surface area (Å²) < 4.78 is 8.08. The van der Waals surface area contributed by atoms with Gasteiger partial charge in [-0.2, -0.15) is 0 Å². The number of aromatic nitrogens is 3. The molecule has 7 heteroatoms. The van der Waals surface area contributed by atoms with Gasteiger partial charge in [0.15, 0.2) is 5.52 Å². The van der Waals surface area contributed by atoms with Crippen molar-refractivity contribution in [3.05, 3.63) is 11.9 Å². The van der Waals surface area contributed by atoms with Gasteiger partial charge in [-0.15, -0.1) is 5.10 Å².